The van der Waals surface area contributed by atoms with Gasteiger partial charge in [-0.05, 0) is 39.9 Å². The molecule has 3 aromatic carbocycles. The van der Waals surface area contributed by atoms with Gasteiger partial charge in [0.25, 0.3) is 5.91 Å². The molecule has 1 fully saturated rings. The summed E-state index contributed by atoms with van der Waals surface area (Å²) in [5, 5.41) is 15.2. The first-order chi connectivity index (χ1) is 29.4. The van der Waals surface area contributed by atoms with Crippen LogP contribution in [0, 0.1) is 0 Å². The van der Waals surface area contributed by atoms with E-state index >= 15 is 0 Å². The number of aliphatic hydroxyl groups excluding tert-OH is 1. The molecule has 3 N–H and O–H groups in total. The van der Waals surface area contributed by atoms with Crippen LogP contribution in [0.15, 0.2) is 66.7 Å². The van der Waals surface area contributed by atoms with Gasteiger partial charge in [0.1, 0.15) is 25.1 Å². The lowest BCUT2D eigenvalue weighted by Gasteiger charge is -2.44. The maximum Gasteiger partial charge on any atom is 0.407 e. The highest BCUT2D eigenvalue weighted by molar-refractivity contribution is 5.97. The quantitative estimate of drug-likeness (QED) is 0.0843. The van der Waals surface area contributed by atoms with Crippen LogP contribution in [0.25, 0.3) is 11.1 Å². The Morgan fingerprint density at radius 2 is 1.21 bits per heavy atom. The summed E-state index contributed by atoms with van der Waals surface area (Å²) >= 11 is 0. The molecule has 1 heterocycles. The second-order valence-electron chi connectivity index (χ2n) is 13.9. The molecular weight excluding hydrogens is 800 g/mol. The summed E-state index contributed by atoms with van der Waals surface area (Å²) in [4.78, 5) is 74.1. The molecule has 18 nitrogen and oxygen atoms in total. The van der Waals surface area contributed by atoms with Crippen LogP contribution in [-0.4, -0.2) is 124 Å². The van der Waals surface area contributed by atoms with Crippen molar-refractivity contribution in [1.29, 1.82) is 0 Å². The van der Waals surface area contributed by atoms with Crippen LogP contribution in [0.5, 0.6) is 5.75 Å². The Balaban J connectivity index is 1.08. The number of amides is 2. The molecule has 1 aliphatic heterocycles. The van der Waals surface area contributed by atoms with Crippen molar-refractivity contribution in [2.75, 3.05) is 52.7 Å². The average molecular weight is 851 g/mol. The topological polar surface area (TPSA) is 230 Å². The molecule has 0 bridgehead atoms. The van der Waals surface area contributed by atoms with Crippen LogP contribution in [0.4, 0.5) is 4.79 Å². The highest BCUT2D eigenvalue weighted by Gasteiger charge is 2.53. The van der Waals surface area contributed by atoms with Crippen molar-refractivity contribution in [3.63, 3.8) is 0 Å². The third-order valence-corrected chi connectivity index (χ3v) is 9.43. The van der Waals surface area contributed by atoms with E-state index in [2.05, 4.69) is 22.8 Å². The van der Waals surface area contributed by atoms with E-state index in [1.807, 2.05) is 36.4 Å². The minimum atomic E-state index is -1.59. The normalized spacial score (nSPS) is 19.1. The first kappa shape index (κ1) is 46.0. The van der Waals surface area contributed by atoms with E-state index in [-0.39, 0.29) is 63.4 Å². The van der Waals surface area contributed by atoms with Gasteiger partial charge in [-0.25, -0.2) is 4.79 Å². The minimum absolute atomic E-state index is 0.0449. The van der Waals surface area contributed by atoms with Gasteiger partial charge >= 0.3 is 30.0 Å². The summed E-state index contributed by atoms with van der Waals surface area (Å²) in [5.74, 6) is -3.90. The Morgan fingerprint density at radius 1 is 0.639 bits per heavy atom. The molecule has 1 aliphatic carbocycles. The van der Waals surface area contributed by atoms with E-state index in [1.165, 1.54) is 18.2 Å². The van der Waals surface area contributed by atoms with Crippen molar-refractivity contribution in [1.82, 2.24) is 10.6 Å². The number of carbonyl (C=O) groups is 6. The molecule has 3 aromatic rings. The molecule has 1 saturated heterocycles. The first-order valence-corrected chi connectivity index (χ1v) is 19.6. The number of ether oxygens (including phenoxy) is 9. The van der Waals surface area contributed by atoms with E-state index in [0.29, 0.717) is 5.56 Å². The number of fused-ring (bicyclic) bond motifs is 3. The highest BCUT2D eigenvalue weighted by Crippen LogP contribution is 2.44. The van der Waals surface area contributed by atoms with E-state index in [9.17, 15) is 33.9 Å². The third-order valence-electron chi connectivity index (χ3n) is 9.43. The van der Waals surface area contributed by atoms with E-state index in [0.717, 1.165) is 49.9 Å². The number of hydrogen-bond acceptors (Lipinski definition) is 16. The molecule has 61 heavy (non-hydrogen) atoms. The zero-order chi connectivity index (χ0) is 43.9. The van der Waals surface area contributed by atoms with Crippen molar-refractivity contribution in [2.45, 2.75) is 70.9 Å². The van der Waals surface area contributed by atoms with Crippen molar-refractivity contribution >= 4 is 35.9 Å². The smallest absolute Gasteiger partial charge is 0.407 e. The zero-order valence-electron chi connectivity index (χ0n) is 34.2. The molecule has 0 spiro atoms. The fourth-order valence-electron chi connectivity index (χ4n) is 6.89. The van der Waals surface area contributed by atoms with Crippen LogP contribution in [-0.2, 0) is 63.7 Å². The Labute approximate surface area is 352 Å². The molecule has 0 saturated carbocycles. The van der Waals surface area contributed by atoms with Gasteiger partial charge in [-0.2, -0.15) is 0 Å². The largest absolute Gasteiger partial charge is 0.463 e. The van der Waals surface area contributed by atoms with Crippen molar-refractivity contribution in [3.05, 3.63) is 89.0 Å². The van der Waals surface area contributed by atoms with Crippen LogP contribution in [0.3, 0.4) is 0 Å². The standard InChI is InChI=1S/C43H50N2O16/c1-25(47)55-24-37-38(57-26(2)48)39(58-27(3)49)40(59-28(4)50)42(61-37)60-36-14-13-29(22-46)21-34(36)41(51)44-15-17-53-19-20-54-18-16-45-43(52)56-23-35-32-11-7-5-9-30(32)31-10-6-8-12-33(31)35/h5-14,21,35,37-40,42,46H,15-20,22-24H2,1-4H3,(H,44,51)(H,45,52)/t37-,38-,39+,40-,42-/m1/s1. The Bertz CT molecular complexity index is 1980. The predicted octanol–water partition coefficient (Wildman–Crippen LogP) is 2.94. The van der Waals surface area contributed by atoms with Gasteiger partial charge in [0.15, 0.2) is 12.2 Å². The molecule has 5 rings (SSSR count). The van der Waals surface area contributed by atoms with Crippen molar-refractivity contribution in [2.24, 2.45) is 0 Å². The van der Waals surface area contributed by atoms with E-state index < -0.39 is 79.8 Å². The van der Waals surface area contributed by atoms with Gasteiger partial charge in [-0.15, -0.1) is 0 Å². The summed E-state index contributed by atoms with van der Waals surface area (Å²) in [6, 6.07) is 20.4. The number of carbonyl (C=O) groups excluding carboxylic acids is 6. The monoisotopic (exact) mass is 850 g/mol. The minimum Gasteiger partial charge on any atom is -0.463 e. The Kier molecular flexibility index (Phi) is 17.0. The Hall–Kier alpha value is -6.08. The summed E-state index contributed by atoms with van der Waals surface area (Å²) in [5.41, 5.74) is 4.84. The summed E-state index contributed by atoms with van der Waals surface area (Å²) in [6.45, 7) is 4.74. The maximum absolute atomic E-state index is 13.4. The van der Waals surface area contributed by atoms with Gasteiger partial charge in [-0.1, -0.05) is 54.6 Å². The molecule has 5 atom stereocenters. The number of benzene rings is 3. The Morgan fingerprint density at radius 3 is 1.80 bits per heavy atom. The van der Waals surface area contributed by atoms with Gasteiger partial charge in [0, 0.05) is 46.7 Å². The number of nitrogens with one attached hydrogen (secondary N) is 2. The number of esters is 4. The second kappa shape index (κ2) is 22.5. The van der Waals surface area contributed by atoms with Crippen LogP contribution < -0.4 is 15.4 Å². The number of hydrogen-bond donors (Lipinski definition) is 3. The first-order valence-electron chi connectivity index (χ1n) is 19.6. The summed E-state index contributed by atoms with van der Waals surface area (Å²) < 4.78 is 50.2. The molecule has 328 valence electrons. The van der Waals surface area contributed by atoms with Gasteiger partial charge in [0.05, 0.1) is 38.6 Å². The fraction of sp³-hybridized carbons (Fsp3) is 0.442. The van der Waals surface area contributed by atoms with Crippen LogP contribution in [0.2, 0.25) is 0 Å². The molecule has 18 heteroatoms. The zero-order valence-corrected chi connectivity index (χ0v) is 34.2. The van der Waals surface area contributed by atoms with Crippen LogP contribution >= 0.6 is 0 Å². The van der Waals surface area contributed by atoms with Crippen LogP contribution in [0.1, 0.15) is 60.7 Å². The molecule has 0 radical (unpaired) electrons. The molecule has 0 unspecified atom stereocenters. The fourth-order valence-corrected chi connectivity index (χ4v) is 6.89. The number of rotatable bonds is 20. The summed E-state index contributed by atoms with van der Waals surface area (Å²) in [6.07, 6.45) is -7.84. The maximum atomic E-state index is 13.4. The number of alkyl carbamates (subject to hydrolysis) is 1. The number of aliphatic hydroxyl groups is 1. The molecule has 0 aromatic heterocycles. The predicted molar refractivity (Wildman–Crippen MR) is 212 cm³/mol. The average Bonchev–Trinajstić information content (AvgIpc) is 3.55. The lowest BCUT2D eigenvalue weighted by Crippen LogP contribution is -2.63. The van der Waals surface area contributed by atoms with Crippen molar-refractivity contribution in [3.8, 4) is 16.9 Å². The highest BCUT2D eigenvalue weighted by atomic mass is 16.7. The lowest BCUT2D eigenvalue weighted by molar-refractivity contribution is -0.288. The van der Waals surface area contributed by atoms with E-state index in [1.54, 1.807) is 0 Å². The van der Waals surface area contributed by atoms with Crippen molar-refractivity contribution < 1.29 is 76.5 Å². The van der Waals surface area contributed by atoms with Gasteiger partial charge < -0.3 is 58.4 Å². The van der Waals surface area contributed by atoms with Gasteiger partial charge in [-0.3, -0.25) is 24.0 Å². The lowest BCUT2D eigenvalue weighted by atomic mass is 9.98. The molecule has 2 amide bonds. The third kappa shape index (κ3) is 13.0. The van der Waals surface area contributed by atoms with Gasteiger partial charge in [0.2, 0.25) is 12.4 Å². The van der Waals surface area contributed by atoms with E-state index in [4.69, 9.17) is 42.6 Å². The SMILES string of the molecule is CC(=O)OC[C@H]1O[C@@H](Oc2ccc(CO)cc2C(=O)NCCOCCOCCNC(=O)OCC2c3ccccc3-c3ccccc32)[C@H](OC(C)=O)[C@@H](OC(C)=O)[C@@H]1OC(C)=O. The summed E-state index contributed by atoms with van der Waals surface area (Å²) in [7, 11) is 0. The second-order valence-corrected chi connectivity index (χ2v) is 13.9. The molecule has 2 aliphatic rings. The molecular formula is C43H50N2O16.